The highest BCUT2D eigenvalue weighted by atomic mass is 19.4. The number of Topliss-reactive ketones (excluding diaryl/α,β-unsaturated/α-hetero) is 1. The minimum atomic E-state index is -4.61. The molecule has 1 N–H and O–H groups in total. The summed E-state index contributed by atoms with van der Waals surface area (Å²) in [4.78, 5) is 30.7. The number of benzene rings is 2. The van der Waals surface area contributed by atoms with Crippen LogP contribution in [0.25, 0.3) is 0 Å². The van der Waals surface area contributed by atoms with E-state index in [0.717, 1.165) is 37.6 Å². The van der Waals surface area contributed by atoms with Gasteiger partial charge in [-0.1, -0.05) is 42.5 Å². The molecule has 4 atom stereocenters. The molecule has 0 radical (unpaired) electrons. The lowest BCUT2D eigenvalue weighted by atomic mass is 9.43. The van der Waals surface area contributed by atoms with Crippen molar-refractivity contribution in [3.05, 3.63) is 94.6 Å². The van der Waals surface area contributed by atoms with Crippen molar-refractivity contribution >= 4 is 18.5 Å². The Balaban J connectivity index is 2.04. The third-order valence-electron chi connectivity index (χ3n) is 6.96. The number of carbonyl (C=O) groups is 2. The van der Waals surface area contributed by atoms with Gasteiger partial charge in [-0.05, 0) is 36.9 Å². The summed E-state index contributed by atoms with van der Waals surface area (Å²) >= 11 is 0. The first-order chi connectivity index (χ1) is 17.5. The van der Waals surface area contributed by atoms with E-state index in [1.165, 1.54) is 14.0 Å². The number of allylic oxidation sites excluding steroid dienone is 2. The zero-order chi connectivity index (χ0) is 27.2. The first kappa shape index (κ1) is 26.2. The third kappa shape index (κ3) is 3.66. The summed E-state index contributed by atoms with van der Waals surface area (Å²) in [5.74, 6) is -4.30. The molecule has 0 bridgehead atoms. The quantitative estimate of drug-likeness (QED) is 0.351. The van der Waals surface area contributed by atoms with Crippen molar-refractivity contribution < 1.29 is 42.1 Å². The van der Waals surface area contributed by atoms with Crippen molar-refractivity contribution in [1.29, 1.82) is 0 Å². The lowest BCUT2D eigenvalue weighted by Gasteiger charge is -2.65. The number of halogens is 3. The van der Waals surface area contributed by atoms with E-state index in [-0.39, 0.29) is 22.7 Å². The highest BCUT2D eigenvalue weighted by molar-refractivity contribution is 6.11. The number of fused-ring (bicyclic) bond motifs is 1. The van der Waals surface area contributed by atoms with E-state index in [1.54, 1.807) is 30.3 Å². The average molecular weight is 515 g/mol. The van der Waals surface area contributed by atoms with Gasteiger partial charge in [-0.3, -0.25) is 14.6 Å². The lowest BCUT2D eigenvalue weighted by Crippen LogP contribution is -2.79. The Bertz CT molecular complexity index is 1300. The van der Waals surface area contributed by atoms with Gasteiger partial charge in [-0.25, -0.2) is 0 Å². The lowest BCUT2D eigenvalue weighted by molar-refractivity contribution is -0.282. The van der Waals surface area contributed by atoms with E-state index in [4.69, 9.17) is 14.2 Å². The van der Waals surface area contributed by atoms with Crippen LogP contribution < -0.4 is 0 Å². The van der Waals surface area contributed by atoms with Crippen LogP contribution in [-0.2, 0) is 35.6 Å². The van der Waals surface area contributed by atoms with Gasteiger partial charge in [0.1, 0.15) is 17.3 Å². The zero-order valence-electron chi connectivity index (χ0n) is 20.2. The average Bonchev–Trinajstić information content (AvgIpc) is 2.88. The first-order valence-electron chi connectivity index (χ1n) is 11.2. The van der Waals surface area contributed by atoms with Crippen LogP contribution in [0.1, 0.15) is 29.5 Å². The van der Waals surface area contributed by atoms with Gasteiger partial charge >= 0.3 is 12.1 Å². The normalized spacial score (nSPS) is 27.5. The minimum Gasteiger partial charge on any atom is -0.494 e. The Morgan fingerprint density at radius 1 is 1.11 bits per heavy atom. The Hall–Kier alpha value is -3.92. The molecule has 1 saturated carbocycles. The maximum atomic E-state index is 14.0. The molecule has 4 rings (SSSR count). The molecule has 37 heavy (non-hydrogen) atoms. The maximum Gasteiger partial charge on any atom is 0.416 e. The van der Waals surface area contributed by atoms with Crippen LogP contribution >= 0.6 is 0 Å². The summed E-state index contributed by atoms with van der Waals surface area (Å²) in [5, 5.41) is 12.2. The molecule has 7 nitrogen and oxygen atoms in total. The largest absolute Gasteiger partial charge is 0.494 e. The Kier molecular flexibility index (Phi) is 6.49. The van der Waals surface area contributed by atoms with Crippen molar-refractivity contribution in [3.8, 4) is 0 Å². The van der Waals surface area contributed by atoms with Crippen molar-refractivity contribution in [2.45, 2.75) is 30.2 Å². The number of alkyl halides is 3. The van der Waals surface area contributed by atoms with Crippen LogP contribution in [0.15, 0.2) is 82.9 Å². The van der Waals surface area contributed by atoms with Crippen LogP contribution in [-0.4, -0.2) is 43.4 Å². The van der Waals surface area contributed by atoms with Crippen LogP contribution in [0, 0.1) is 5.92 Å². The Morgan fingerprint density at radius 2 is 1.73 bits per heavy atom. The zero-order valence-corrected chi connectivity index (χ0v) is 20.2. The fourth-order valence-electron chi connectivity index (χ4n) is 5.42. The second-order valence-electron chi connectivity index (χ2n) is 8.71. The van der Waals surface area contributed by atoms with Gasteiger partial charge in [0.25, 0.3) is 0 Å². The van der Waals surface area contributed by atoms with Gasteiger partial charge in [0.05, 0.1) is 26.0 Å². The molecule has 1 aliphatic carbocycles. The fraction of sp³-hybridized carbons (Fsp3) is 0.296. The topological polar surface area (TPSA) is 94.4 Å². The molecule has 10 heteroatoms. The predicted molar refractivity (Wildman–Crippen MR) is 126 cm³/mol. The van der Waals surface area contributed by atoms with E-state index in [2.05, 4.69) is 11.7 Å². The van der Waals surface area contributed by atoms with Crippen LogP contribution in [0.4, 0.5) is 13.2 Å². The number of hydrogen-bond acceptors (Lipinski definition) is 7. The number of hydrogen-bond donors (Lipinski definition) is 1. The molecule has 3 unspecified atom stereocenters. The summed E-state index contributed by atoms with van der Waals surface area (Å²) < 4.78 is 56.5. The standard InChI is InChI=1S/C27H24F3NO6/c1-15-20(19(35-3)14-31-2)23(32)25(34)22(24(33)36-4)21(16-8-6-5-7-9-16)26(25,37-15)17-10-12-18(13-11-17)27(28,29)30/h5-14,21-22,34H,2H2,1,3-4H3/b19-14+/t21?,22-,25?,26?/m0/s1. The van der Waals surface area contributed by atoms with Crippen LogP contribution in [0.5, 0.6) is 0 Å². The second kappa shape index (κ2) is 9.19. The Labute approximate surface area is 210 Å². The molecule has 2 aromatic carbocycles. The summed E-state index contributed by atoms with van der Waals surface area (Å²) in [5.41, 5.74) is -5.03. The number of aliphatic imine (C=N–C) groups is 1. The van der Waals surface area contributed by atoms with E-state index < -0.39 is 46.5 Å². The van der Waals surface area contributed by atoms with E-state index in [0.29, 0.717) is 5.56 Å². The van der Waals surface area contributed by atoms with Gasteiger partial charge in [0.2, 0.25) is 5.78 Å². The van der Waals surface area contributed by atoms with E-state index >= 15 is 0 Å². The number of methoxy groups -OCH3 is 2. The fourth-order valence-corrected chi connectivity index (χ4v) is 5.42. The third-order valence-corrected chi connectivity index (χ3v) is 6.96. The maximum absolute atomic E-state index is 14.0. The molecular formula is C27H24F3NO6. The van der Waals surface area contributed by atoms with Gasteiger partial charge in [-0.15, -0.1) is 0 Å². The number of carbonyl (C=O) groups excluding carboxylic acids is 2. The van der Waals surface area contributed by atoms with Gasteiger partial charge < -0.3 is 19.3 Å². The van der Waals surface area contributed by atoms with E-state index in [1.807, 2.05) is 0 Å². The number of rotatable bonds is 6. The number of ketones is 1. The van der Waals surface area contributed by atoms with Crippen molar-refractivity contribution in [3.63, 3.8) is 0 Å². The molecular weight excluding hydrogens is 491 g/mol. The summed E-state index contributed by atoms with van der Waals surface area (Å²) in [6.45, 7) is 4.81. The second-order valence-corrected chi connectivity index (χ2v) is 8.71. The number of ether oxygens (including phenoxy) is 3. The molecule has 0 amide bonds. The van der Waals surface area contributed by atoms with Crippen LogP contribution in [0.2, 0.25) is 0 Å². The number of esters is 1. The van der Waals surface area contributed by atoms with Gasteiger partial charge in [-0.2, -0.15) is 13.2 Å². The molecule has 1 aliphatic heterocycles. The summed E-state index contributed by atoms with van der Waals surface area (Å²) in [6.07, 6.45) is -3.46. The predicted octanol–water partition coefficient (Wildman–Crippen LogP) is 4.28. The Morgan fingerprint density at radius 3 is 2.24 bits per heavy atom. The van der Waals surface area contributed by atoms with E-state index in [9.17, 15) is 27.9 Å². The van der Waals surface area contributed by atoms with Gasteiger partial charge in [0.15, 0.2) is 17.0 Å². The van der Waals surface area contributed by atoms with Gasteiger partial charge in [0, 0.05) is 5.92 Å². The molecule has 0 aromatic heterocycles. The molecule has 0 saturated heterocycles. The number of nitrogens with zero attached hydrogens (tertiary/aromatic N) is 1. The molecule has 2 aromatic rings. The van der Waals surface area contributed by atoms with Crippen molar-refractivity contribution in [2.24, 2.45) is 10.9 Å². The highest BCUT2D eigenvalue weighted by Gasteiger charge is 2.82. The van der Waals surface area contributed by atoms with Crippen molar-refractivity contribution in [2.75, 3.05) is 14.2 Å². The molecule has 2 aliphatic rings. The smallest absolute Gasteiger partial charge is 0.416 e. The first-order valence-corrected chi connectivity index (χ1v) is 11.2. The molecule has 1 fully saturated rings. The van der Waals surface area contributed by atoms with Crippen molar-refractivity contribution in [1.82, 2.24) is 0 Å². The highest BCUT2D eigenvalue weighted by Crippen LogP contribution is 2.68. The SMILES string of the molecule is C=N/C=C(/OC)C1=C(C)OC2(c3ccc(C(F)(F)F)cc3)C(c3ccccc3)[C@@H](C(=O)OC)C2(O)C1=O. The molecule has 1 heterocycles. The molecule has 0 spiro atoms. The summed E-state index contributed by atoms with van der Waals surface area (Å²) in [6, 6.07) is 12.4. The summed E-state index contributed by atoms with van der Waals surface area (Å²) in [7, 11) is 2.39. The monoisotopic (exact) mass is 515 g/mol. The minimum absolute atomic E-state index is 0.0237. The molecule has 194 valence electrons. The van der Waals surface area contributed by atoms with Crippen LogP contribution in [0.3, 0.4) is 0 Å². The number of aliphatic hydroxyl groups is 1.